The van der Waals surface area contributed by atoms with Gasteiger partial charge in [-0.05, 0) is 31.7 Å². The van der Waals surface area contributed by atoms with Crippen LogP contribution in [-0.4, -0.2) is 12.6 Å². The molecule has 10 heavy (non-hydrogen) atoms. The predicted molar refractivity (Wildman–Crippen MR) is 45.1 cm³/mol. The summed E-state index contributed by atoms with van der Waals surface area (Å²) in [6.45, 7) is 5.82. The summed E-state index contributed by atoms with van der Waals surface area (Å²) in [5.41, 5.74) is 0. The molecule has 0 heterocycles. The zero-order valence-electron chi connectivity index (χ0n) is 7.19. The third-order valence-electron chi connectivity index (χ3n) is 2.11. The average Bonchev–Trinajstić information content (AvgIpc) is 2.67. The Balaban J connectivity index is 1.89. The molecule has 1 N–H and O–H groups in total. The van der Waals surface area contributed by atoms with E-state index in [1.54, 1.807) is 0 Å². The molecule has 1 nitrogen and oxygen atoms in total. The van der Waals surface area contributed by atoms with E-state index in [4.69, 9.17) is 0 Å². The summed E-state index contributed by atoms with van der Waals surface area (Å²) < 4.78 is 0. The van der Waals surface area contributed by atoms with Crippen LogP contribution in [0.25, 0.3) is 0 Å². The highest BCUT2D eigenvalue weighted by Crippen LogP contribution is 2.19. The number of hydrogen-bond acceptors (Lipinski definition) is 1. The quantitative estimate of drug-likeness (QED) is 0.618. The standard InChI is InChI=1S/C9H19N/c1-3-4-8(2)7-10-9-5-6-9/h8-10H,3-7H2,1-2H3. The molecule has 0 saturated heterocycles. The topological polar surface area (TPSA) is 12.0 Å². The van der Waals surface area contributed by atoms with Gasteiger partial charge in [0.1, 0.15) is 0 Å². The normalized spacial score (nSPS) is 21.0. The number of rotatable bonds is 5. The van der Waals surface area contributed by atoms with E-state index in [2.05, 4.69) is 19.2 Å². The molecule has 0 spiro atoms. The van der Waals surface area contributed by atoms with Crippen molar-refractivity contribution >= 4 is 0 Å². The highest BCUT2D eigenvalue weighted by Gasteiger charge is 2.20. The Morgan fingerprint density at radius 3 is 2.70 bits per heavy atom. The smallest absolute Gasteiger partial charge is 0.00683 e. The summed E-state index contributed by atoms with van der Waals surface area (Å²) in [6.07, 6.45) is 5.53. The molecule has 0 aromatic carbocycles. The van der Waals surface area contributed by atoms with Crippen LogP contribution in [0.1, 0.15) is 39.5 Å². The van der Waals surface area contributed by atoms with Gasteiger partial charge in [-0.3, -0.25) is 0 Å². The van der Waals surface area contributed by atoms with Gasteiger partial charge in [-0.15, -0.1) is 0 Å². The largest absolute Gasteiger partial charge is 0.314 e. The van der Waals surface area contributed by atoms with Crippen molar-refractivity contribution in [3.05, 3.63) is 0 Å². The van der Waals surface area contributed by atoms with Gasteiger partial charge >= 0.3 is 0 Å². The van der Waals surface area contributed by atoms with Crippen LogP contribution in [-0.2, 0) is 0 Å². The third kappa shape index (κ3) is 3.21. The fraction of sp³-hybridized carbons (Fsp3) is 1.00. The van der Waals surface area contributed by atoms with Gasteiger partial charge in [0.2, 0.25) is 0 Å². The van der Waals surface area contributed by atoms with E-state index in [0.29, 0.717) is 0 Å². The molecule has 1 saturated carbocycles. The van der Waals surface area contributed by atoms with Crippen molar-refractivity contribution in [2.75, 3.05) is 6.54 Å². The van der Waals surface area contributed by atoms with Crippen molar-refractivity contribution in [3.63, 3.8) is 0 Å². The van der Waals surface area contributed by atoms with Crippen LogP contribution >= 0.6 is 0 Å². The van der Waals surface area contributed by atoms with Crippen LogP contribution in [0.5, 0.6) is 0 Å². The minimum atomic E-state index is 0.880. The second kappa shape index (κ2) is 3.97. The lowest BCUT2D eigenvalue weighted by molar-refractivity contribution is 0.474. The highest BCUT2D eigenvalue weighted by molar-refractivity contribution is 4.81. The van der Waals surface area contributed by atoms with Crippen LogP contribution in [0.3, 0.4) is 0 Å². The Morgan fingerprint density at radius 1 is 1.50 bits per heavy atom. The van der Waals surface area contributed by atoms with E-state index < -0.39 is 0 Å². The first-order valence-corrected chi connectivity index (χ1v) is 4.56. The molecule has 1 heteroatoms. The summed E-state index contributed by atoms with van der Waals surface area (Å²) in [5.74, 6) is 0.880. The first-order valence-electron chi connectivity index (χ1n) is 4.56. The first-order chi connectivity index (χ1) is 4.83. The summed E-state index contributed by atoms with van der Waals surface area (Å²) in [6, 6.07) is 0.888. The molecule has 0 aliphatic heterocycles. The number of hydrogen-bond donors (Lipinski definition) is 1. The van der Waals surface area contributed by atoms with Gasteiger partial charge in [0.25, 0.3) is 0 Å². The van der Waals surface area contributed by atoms with Crippen molar-refractivity contribution in [2.45, 2.75) is 45.6 Å². The minimum Gasteiger partial charge on any atom is -0.314 e. The molecule has 0 aromatic heterocycles. The van der Waals surface area contributed by atoms with E-state index in [0.717, 1.165) is 12.0 Å². The van der Waals surface area contributed by atoms with E-state index in [1.165, 1.54) is 32.2 Å². The summed E-state index contributed by atoms with van der Waals surface area (Å²) in [5, 5.41) is 3.54. The third-order valence-corrected chi connectivity index (χ3v) is 2.11. The maximum absolute atomic E-state index is 3.54. The second-order valence-electron chi connectivity index (χ2n) is 3.58. The van der Waals surface area contributed by atoms with Gasteiger partial charge in [-0.25, -0.2) is 0 Å². The molecule has 1 atom stereocenters. The minimum absolute atomic E-state index is 0.880. The van der Waals surface area contributed by atoms with Crippen LogP contribution in [0.2, 0.25) is 0 Å². The van der Waals surface area contributed by atoms with Crippen LogP contribution in [0, 0.1) is 5.92 Å². The Hall–Kier alpha value is -0.0400. The molecule has 0 bridgehead atoms. The Labute approximate surface area is 64.2 Å². The van der Waals surface area contributed by atoms with E-state index in [9.17, 15) is 0 Å². The zero-order chi connectivity index (χ0) is 7.40. The molecule has 60 valence electrons. The monoisotopic (exact) mass is 141 g/mol. The van der Waals surface area contributed by atoms with Crippen LogP contribution < -0.4 is 5.32 Å². The van der Waals surface area contributed by atoms with Crippen LogP contribution in [0.15, 0.2) is 0 Å². The van der Waals surface area contributed by atoms with Gasteiger partial charge in [0.05, 0.1) is 0 Å². The summed E-state index contributed by atoms with van der Waals surface area (Å²) in [7, 11) is 0. The van der Waals surface area contributed by atoms with Crippen molar-refractivity contribution in [2.24, 2.45) is 5.92 Å². The molecule has 0 radical (unpaired) electrons. The first kappa shape index (κ1) is 8.06. The maximum Gasteiger partial charge on any atom is 0.00683 e. The van der Waals surface area contributed by atoms with Gasteiger partial charge in [-0.2, -0.15) is 0 Å². The van der Waals surface area contributed by atoms with Crippen LogP contribution in [0.4, 0.5) is 0 Å². The number of nitrogens with one attached hydrogen (secondary N) is 1. The molecule has 1 unspecified atom stereocenters. The molecule has 1 aliphatic rings. The average molecular weight is 141 g/mol. The Bertz CT molecular complexity index is 86.7. The lowest BCUT2D eigenvalue weighted by atomic mass is 10.1. The highest BCUT2D eigenvalue weighted by atomic mass is 14.9. The van der Waals surface area contributed by atoms with E-state index in [1.807, 2.05) is 0 Å². The predicted octanol–water partition coefficient (Wildman–Crippen LogP) is 2.17. The summed E-state index contributed by atoms with van der Waals surface area (Å²) in [4.78, 5) is 0. The molecule has 0 aromatic rings. The fourth-order valence-corrected chi connectivity index (χ4v) is 1.25. The van der Waals surface area contributed by atoms with Crippen molar-refractivity contribution in [3.8, 4) is 0 Å². The lowest BCUT2D eigenvalue weighted by Crippen LogP contribution is -2.22. The van der Waals surface area contributed by atoms with E-state index >= 15 is 0 Å². The zero-order valence-corrected chi connectivity index (χ0v) is 7.19. The van der Waals surface area contributed by atoms with Crippen molar-refractivity contribution in [1.29, 1.82) is 0 Å². The van der Waals surface area contributed by atoms with E-state index in [-0.39, 0.29) is 0 Å². The Kier molecular flexibility index (Phi) is 3.20. The summed E-state index contributed by atoms with van der Waals surface area (Å²) >= 11 is 0. The molecular formula is C9H19N. The van der Waals surface area contributed by atoms with Crippen molar-refractivity contribution < 1.29 is 0 Å². The molecule has 1 fully saturated rings. The van der Waals surface area contributed by atoms with Gasteiger partial charge < -0.3 is 5.32 Å². The molecule has 1 aliphatic carbocycles. The maximum atomic E-state index is 3.54. The fourth-order valence-electron chi connectivity index (χ4n) is 1.25. The Morgan fingerprint density at radius 2 is 2.20 bits per heavy atom. The van der Waals surface area contributed by atoms with Gasteiger partial charge in [-0.1, -0.05) is 20.3 Å². The van der Waals surface area contributed by atoms with Crippen molar-refractivity contribution in [1.82, 2.24) is 5.32 Å². The van der Waals surface area contributed by atoms with Gasteiger partial charge in [0.15, 0.2) is 0 Å². The van der Waals surface area contributed by atoms with Gasteiger partial charge in [0, 0.05) is 6.04 Å². The molecule has 1 rings (SSSR count). The second-order valence-corrected chi connectivity index (χ2v) is 3.58. The lowest BCUT2D eigenvalue weighted by Gasteiger charge is -2.09. The molecular weight excluding hydrogens is 122 g/mol. The molecule has 0 amide bonds. The SMILES string of the molecule is CCCC(C)CNC1CC1.